The van der Waals surface area contributed by atoms with Crippen LogP contribution in [0.1, 0.15) is 6.42 Å². The second kappa shape index (κ2) is 6.07. The summed E-state index contributed by atoms with van der Waals surface area (Å²) < 4.78 is 5.97. The molecule has 0 fully saturated rings. The van der Waals surface area contributed by atoms with E-state index in [2.05, 4.69) is 31.9 Å². The number of nitrogens with zero attached hydrogens (tertiary/aromatic N) is 1. The molecule has 0 unspecified atom stereocenters. The fourth-order valence-corrected chi connectivity index (χ4v) is 1.57. The molecular weight excluding hydrogens is 330 g/mol. The quantitative estimate of drug-likeness (QED) is 0.357. The first-order valence-electron chi connectivity index (χ1n) is 4.28. The average molecular weight is 339 g/mol. The van der Waals surface area contributed by atoms with Gasteiger partial charge >= 0.3 is 5.69 Å². The molecule has 0 aromatic heterocycles. The summed E-state index contributed by atoms with van der Waals surface area (Å²) in [5.41, 5.74) is -0.0149. The van der Waals surface area contributed by atoms with Crippen molar-refractivity contribution in [1.29, 1.82) is 0 Å². The highest BCUT2D eigenvalue weighted by molar-refractivity contribution is 9.10. The van der Waals surface area contributed by atoms with Crippen LogP contribution >= 0.6 is 31.9 Å². The van der Waals surface area contributed by atoms with Crippen LogP contribution in [0.25, 0.3) is 0 Å². The predicted molar refractivity (Wildman–Crippen MR) is 64.7 cm³/mol. The Bertz CT molecular complexity index is 357. The molecule has 1 rings (SSSR count). The van der Waals surface area contributed by atoms with Gasteiger partial charge < -0.3 is 4.74 Å². The van der Waals surface area contributed by atoms with Crippen molar-refractivity contribution in [3.05, 3.63) is 32.8 Å². The lowest BCUT2D eigenvalue weighted by molar-refractivity contribution is -0.385. The molecule has 1 aromatic rings. The SMILES string of the molecule is O=[N+]([O-])c1cc(Br)ccc1OCCCBr. The monoisotopic (exact) mass is 337 g/mol. The van der Waals surface area contributed by atoms with Crippen molar-refractivity contribution in [2.75, 3.05) is 11.9 Å². The minimum absolute atomic E-state index is 0.0149. The van der Waals surface area contributed by atoms with E-state index >= 15 is 0 Å². The van der Waals surface area contributed by atoms with Crippen molar-refractivity contribution in [3.63, 3.8) is 0 Å². The summed E-state index contributed by atoms with van der Waals surface area (Å²) in [5.74, 6) is 0.309. The molecule has 15 heavy (non-hydrogen) atoms. The summed E-state index contributed by atoms with van der Waals surface area (Å²) in [6, 6.07) is 4.75. The maximum atomic E-state index is 10.7. The van der Waals surface area contributed by atoms with Gasteiger partial charge in [-0.25, -0.2) is 0 Å². The Morgan fingerprint density at radius 1 is 1.47 bits per heavy atom. The van der Waals surface area contributed by atoms with Crippen molar-refractivity contribution < 1.29 is 9.66 Å². The Kier molecular flexibility index (Phi) is 5.04. The van der Waals surface area contributed by atoms with Crippen LogP contribution in [0.15, 0.2) is 22.7 Å². The molecule has 0 aliphatic rings. The first-order chi connectivity index (χ1) is 7.15. The molecule has 6 heteroatoms. The van der Waals surface area contributed by atoms with Crippen LogP contribution in [0, 0.1) is 10.1 Å². The smallest absolute Gasteiger partial charge is 0.312 e. The molecule has 0 aliphatic carbocycles. The van der Waals surface area contributed by atoms with Crippen LogP contribution in [0.2, 0.25) is 0 Å². The third-order valence-corrected chi connectivity index (χ3v) is 2.71. The summed E-state index contributed by atoms with van der Waals surface area (Å²) in [4.78, 5) is 10.3. The molecule has 0 spiro atoms. The lowest BCUT2D eigenvalue weighted by atomic mass is 10.3. The third-order valence-electron chi connectivity index (χ3n) is 1.65. The minimum atomic E-state index is -0.450. The zero-order valence-corrected chi connectivity index (χ0v) is 11.0. The van der Waals surface area contributed by atoms with Gasteiger partial charge in [-0.3, -0.25) is 10.1 Å². The van der Waals surface area contributed by atoms with Crippen molar-refractivity contribution in [1.82, 2.24) is 0 Å². The molecule has 0 saturated carbocycles. The summed E-state index contributed by atoms with van der Waals surface area (Å²) in [6.07, 6.45) is 0.813. The minimum Gasteiger partial charge on any atom is -0.487 e. The number of rotatable bonds is 5. The molecule has 0 amide bonds. The largest absolute Gasteiger partial charge is 0.487 e. The number of halogens is 2. The van der Waals surface area contributed by atoms with Gasteiger partial charge in [0.2, 0.25) is 0 Å². The lowest BCUT2D eigenvalue weighted by Crippen LogP contribution is -2.00. The highest BCUT2D eigenvalue weighted by Gasteiger charge is 2.14. The molecular formula is C9H9Br2NO3. The Hall–Kier alpha value is -0.620. The van der Waals surface area contributed by atoms with E-state index in [1.165, 1.54) is 6.07 Å². The second-order valence-corrected chi connectivity index (χ2v) is 4.47. The van der Waals surface area contributed by atoms with Gasteiger partial charge in [0.1, 0.15) is 0 Å². The number of benzene rings is 1. The van der Waals surface area contributed by atoms with Crippen LogP contribution in [0.4, 0.5) is 5.69 Å². The Morgan fingerprint density at radius 3 is 2.80 bits per heavy atom. The van der Waals surface area contributed by atoms with Gasteiger partial charge in [-0.05, 0) is 18.6 Å². The standard InChI is InChI=1S/C9H9Br2NO3/c10-4-1-5-15-9-3-2-7(11)6-8(9)12(13)14/h2-3,6H,1,4-5H2. The highest BCUT2D eigenvalue weighted by Crippen LogP contribution is 2.30. The Labute approximate surface area is 104 Å². The van der Waals surface area contributed by atoms with Crippen molar-refractivity contribution in [3.8, 4) is 5.75 Å². The van der Waals surface area contributed by atoms with Crippen LogP contribution in [-0.2, 0) is 0 Å². The highest BCUT2D eigenvalue weighted by atomic mass is 79.9. The van der Waals surface area contributed by atoms with E-state index in [0.29, 0.717) is 16.8 Å². The van der Waals surface area contributed by atoms with Gasteiger partial charge in [-0.1, -0.05) is 31.9 Å². The molecule has 0 saturated heterocycles. The van der Waals surface area contributed by atoms with Crippen molar-refractivity contribution in [2.45, 2.75) is 6.42 Å². The maximum absolute atomic E-state index is 10.7. The first kappa shape index (κ1) is 12.4. The number of hydrogen-bond acceptors (Lipinski definition) is 3. The number of nitro groups is 1. The van der Waals surface area contributed by atoms with Gasteiger partial charge in [-0.2, -0.15) is 0 Å². The van der Waals surface area contributed by atoms with E-state index in [4.69, 9.17) is 4.74 Å². The molecule has 0 bridgehead atoms. The maximum Gasteiger partial charge on any atom is 0.312 e. The van der Waals surface area contributed by atoms with Gasteiger partial charge in [0.15, 0.2) is 5.75 Å². The van der Waals surface area contributed by atoms with E-state index < -0.39 is 4.92 Å². The van der Waals surface area contributed by atoms with Gasteiger partial charge in [0.25, 0.3) is 0 Å². The molecule has 0 radical (unpaired) electrons. The van der Waals surface area contributed by atoms with Crippen LogP contribution in [-0.4, -0.2) is 16.9 Å². The van der Waals surface area contributed by atoms with Crippen LogP contribution < -0.4 is 4.74 Å². The van der Waals surface area contributed by atoms with Crippen LogP contribution in [0.3, 0.4) is 0 Å². The lowest BCUT2D eigenvalue weighted by Gasteiger charge is -2.05. The van der Waals surface area contributed by atoms with Crippen molar-refractivity contribution in [2.24, 2.45) is 0 Å². The van der Waals surface area contributed by atoms with Gasteiger partial charge in [0, 0.05) is 15.9 Å². The van der Waals surface area contributed by atoms with E-state index in [0.717, 1.165) is 11.8 Å². The fraction of sp³-hybridized carbons (Fsp3) is 0.333. The van der Waals surface area contributed by atoms with Gasteiger partial charge in [-0.15, -0.1) is 0 Å². The third kappa shape index (κ3) is 3.79. The normalized spacial score (nSPS) is 10.0. The number of hydrogen-bond donors (Lipinski definition) is 0. The summed E-state index contributed by atoms with van der Waals surface area (Å²) >= 11 is 6.44. The zero-order valence-electron chi connectivity index (χ0n) is 7.78. The molecule has 1 aromatic carbocycles. The number of alkyl halides is 1. The average Bonchev–Trinajstić information content (AvgIpc) is 2.20. The molecule has 0 atom stereocenters. The zero-order chi connectivity index (χ0) is 11.3. The van der Waals surface area contributed by atoms with Crippen LogP contribution in [0.5, 0.6) is 5.75 Å². The molecule has 0 heterocycles. The van der Waals surface area contributed by atoms with E-state index in [-0.39, 0.29) is 5.69 Å². The second-order valence-electron chi connectivity index (χ2n) is 2.76. The summed E-state index contributed by atoms with van der Waals surface area (Å²) in [7, 11) is 0. The molecule has 0 aliphatic heterocycles. The number of nitro benzene ring substituents is 1. The van der Waals surface area contributed by atoms with E-state index in [1.54, 1.807) is 12.1 Å². The first-order valence-corrected chi connectivity index (χ1v) is 6.19. The summed E-state index contributed by atoms with van der Waals surface area (Å²) in [6.45, 7) is 0.466. The molecule has 4 nitrogen and oxygen atoms in total. The molecule has 82 valence electrons. The predicted octanol–water partition coefficient (Wildman–Crippen LogP) is 3.52. The summed E-state index contributed by atoms with van der Waals surface area (Å²) in [5, 5.41) is 11.5. The van der Waals surface area contributed by atoms with E-state index in [1.807, 2.05) is 0 Å². The van der Waals surface area contributed by atoms with E-state index in [9.17, 15) is 10.1 Å². The van der Waals surface area contributed by atoms with Gasteiger partial charge in [0.05, 0.1) is 11.5 Å². The van der Waals surface area contributed by atoms with Crippen molar-refractivity contribution >= 4 is 37.5 Å². The Balaban J connectivity index is 2.81. The number of ether oxygens (including phenoxy) is 1. The molecule has 0 N–H and O–H groups in total. The fourth-order valence-electron chi connectivity index (χ4n) is 0.992. The topological polar surface area (TPSA) is 52.4 Å². The Morgan fingerprint density at radius 2 is 2.20 bits per heavy atom.